The van der Waals surface area contributed by atoms with Gasteiger partial charge in [-0.25, -0.2) is 13.6 Å². The fraction of sp³-hybridized carbons (Fsp3) is 0.176. The van der Waals surface area contributed by atoms with E-state index in [0.717, 1.165) is 0 Å². The molecule has 2 aromatic rings. The summed E-state index contributed by atoms with van der Waals surface area (Å²) in [6.07, 6.45) is -1.01. The van der Waals surface area contributed by atoms with Crippen LogP contribution >= 0.6 is 11.6 Å². The lowest BCUT2D eigenvalue weighted by Crippen LogP contribution is -2.30. The number of carbonyl (C=O) groups is 2. The standard InChI is InChI=1S/C17H17ClN2O5S/c1-11(25-16(21)10-12-2-4-13(18)5-3-12)17(22)20-14-6-8-15(9-7-14)26(19,23)24/h2-9,11H,10H2,1H3,(H,20,22)(H2,19,23,24)/t11-/m1/s1. The molecule has 0 aromatic heterocycles. The van der Waals surface area contributed by atoms with Crippen molar-refractivity contribution in [1.82, 2.24) is 0 Å². The van der Waals surface area contributed by atoms with E-state index in [1.165, 1.54) is 31.2 Å². The summed E-state index contributed by atoms with van der Waals surface area (Å²) in [4.78, 5) is 23.9. The summed E-state index contributed by atoms with van der Waals surface area (Å²) in [5, 5.41) is 8.09. The molecule has 0 aliphatic rings. The van der Waals surface area contributed by atoms with E-state index < -0.39 is 28.0 Å². The smallest absolute Gasteiger partial charge is 0.311 e. The number of primary sulfonamides is 1. The maximum atomic E-state index is 12.1. The Balaban J connectivity index is 1.90. The molecule has 0 aliphatic carbocycles. The summed E-state index contributed by atoms with van der Waals surface area (Å²) in [5.41, 5.74) is 1.06. The number of sulfonamides is 1. The van der Waals surface area contributed by atoms with Crippen molar-refractivity contribution in [1.29, 1.82) is 0 Å². The zero-order valence-corrected chi connectivity index (χ0v) is 15.4. The van der Waals surface area contributed by atoms with Crippen LogP contribution in [0.25, 0.3) is 0 Å². The largest absolute Gasteiger partial charge is 0.452 e. The molecule has 2 rings (SSSR count). The SMILES string of the molecule is C[C@@H](OC(=O)Cc1ccc(Cl)cc1)C(=O)Nc1ccc(S(N)(=O)=O)cc1. The molecule has 138 valence electrons. The second kappa shape index (κ2) is 8.31. The first-order valence-electron chi connectivity index (χ1n) is 7.53. The zero-order chi connectivity index (χ0) is 19.3. The zero-order valence-electron chi connectivity index (χ0n) is 13.8. The molecular formula is C17H17ClN2O5S. The van der Waals surface area contributed by atoms with Gasteiger partial charge in [0.15, 0.2) is 6.10 Å². The number of carbonyl (C=O) groups excluding carboxylic acids is 2. The first-order chi connectivity index (χ1) is 12.1. The molecule has 0 unspecified atom stereocenters. The van der Waals surface area contributed by atoms with Crippen LogP contribution in [0.4, 0.5) is 5.69 Å². The van der Waals surface area contributed by atoms with Gasteiger partial charge in [0.1, 0.15) is 0 Å². The van der Waals surface area contributed by atoms with E-state index in [1.807, 2.05) is 0 Å². The number of rotatable bonds is 6. The molecule has 1 atom stereocenters. The molecule has 1 amide bonds. The van der Waals surface area contributed by atoms with Gasteiger partial charge < -0.3 is 10.1 Å². The van der Waals surface area contributed by atoms with Crippen molar-refractivity contribution in [2.45, 2.75) is 24.3 Å². The third-order valence-electron chi connectivity index (χ3n) is 3.39. The van der Waals surface area contributed by atoms with E-state index >= 15 is 0 Å². The second-order valence-electron chi connectivity index (χ2n) is 5.49. The van der Waals surface area contributed by atoms with Crippen molar-refractivity contribution >= 4 is 39.2 Å². The minimum atomic E-state index is -3.80. The van der Waals surface area contributed by atoms with Crippen LogP contribution in [0.3, 0.4) is 0 Å². The summed E-state index contributed by atoms with van der Waals surface area (Å²) in [7, 11) is -3.80. The Morgan fingerprint density at radius 2 is 1.69 bits per heavy atom. The maximum Gasteiger partial charge on any atom is 0.311 e. The number of ether oxygens (including phenoxy) is 1. The van der Waals surface area contributed by atoms with E-state index in [2.05, 4.69) is 5.32 Å². The average Bonchev–Trinajstić information content (AvgIpc) is 2.56. The third-order valence-corrected chi connectivity index (χ3v) is 4.57. The van der Waals surface area contributed by atoms with Crippen LogP contribution in [0.1, 0.15) is 12.5 Å². The number of benzene rings is 2. The highest BCUT2D eigenvalue weighted by Gasteiger charge is 2.18. The lowest BCUT2D eigenvalue weighted by Gasteiger charge is -2.14. The molecule has 0 spiro atoms. The van der Waals surface area contributed by atoms with E-state index in [1.54, 1.807) is 24.3 Å². The lowest BCUT2D eigenvalue weighted by molar-refractivity contribution is -0.152. The van der Waals surface area contributed by atoms with E-state index in [0.29, 0.717) is 16.3 Å². The number of nitrogens with one attached hydrogen (secondary N) is 1. The molecule has 0 saturated heterocycles. The Morgan fingerprint density at radius 1 is 1.12 bits per heavy atom. The summed E-state index contributed by atoms with van der Waals surface area (Å²) in [6.45, 7) is 1.44. The van der Waals surface area contributed by atoms with Crippen molar-refractivity contribution in [2.75, 3.05) is 5.32 Å². The predicted molar refractivity (Wildman–Crippen MR) is 97.2 cm³/mol. The van der Waals surface area contributed by atoms with Crippen LogP contribution < -0.4 is 10.5 Å². The first kappa shape index (κ1) is 19.9. The Bertz CT molecular complexity index is 896. The van der Waals surface area contributed by atoms with Gasteiger partial charge in [-0.2, -0.15) is 0 Å². The van der Waals surface area contributed by atoms with E-state index in [9.17, 15) is 18.0 Å². The van der Waals surface area contributed by atoms with Crippen molar-refractivity contribution in [3.05, 3.63) is 59.1 Å². The van der Waals surface area contributed by atoms with Gasteiger partial charge in [0.2, 0.25) is 10.0 Å². The Kier molecular flexibility index (Phi) is 6.36. The monoisotopic (exact) mass is 396 g/mol. The molecule has 0 saturated carbocycles. The maximum absolute atomic E-state index is 12.1. The minimum absolute atomic E-state index is 0.0118. The topological polar surface area (TPSA) is 116 Å². The summed E-state index contributed by atoms with van der Waals surface area (Å²) < 4.78 is 27.5. The molecule has 7 nitrogen and oxygen atoms in total. The van der Waals surface area contributed by atoms with Gasteiger partial charge in [0.05, 0.1) is 11.3 Å². The summed E-state index contributed by atoms with van der Waals surface area (Å²) in [6, 6.07) is 12.0. The molecule has 0 heterocycles. The highest BCUT2D eigenvalue weighted by molar-refractivity contribution is 7.89. The van der Waals surface area contributed by atoms with Gasteiger partial charge in [-0.15, -0.1) is 0 Å². The second-order valence-corrected chi connectivity index (χ2v) is 7.49. The Labute approximate surface area is 156 Å². The van der Waals surface area contributed by atoms with Crippen LogP contribution in [-0.2, 0) is 30.8 Å². The van der Waals surface area contributed by atoms with Gasteiger partial charge in [-0.3, -0.25) is 9.59 Å². The van der Waals surface area contributed by atoms with Crippen LogP contribution in [0.5, 0.6) is 0 Å². The molecule has 0 aliphatic heterocycles. The summed E-state index contributed by atoms with van der Waals surface area (Å²) >= 11 is 5.78. The third kappa shape index (κ3) is 5.83. The average molecular weight is 397 g/mol. The molecule has 0 fully saturated rings. The number of hydrogen-bond donors (Lipinski definition) is 2. The molecule has 26 heavy (non-hydrogen) atoms. The van der Waals surface area contributed by atoms with Gasteiger partial charge in [0, 0.05) is 10.7 Å². The fourth-order valence-corrected chi connectivity index (χ4v) is 2.67. The van der Waals surface area contributed by atoms with E-state index in [4.69, 9.17) is 21.5 Å². The molecule has 0 radical (unpaired) electrons. The van der Waals surface area contributed by atoms with Crippen molar-refractivity contribution in [3.63, 3.8) is 0 Å². The van der Waals surface area contributed by atoms with Gasteiger partial charge in [-0.05, 0) is 48.9 Å². The number of hydrogen-bond acceptors (Lipinski definition) is 5. The van der Waals surface area contributed by atoms with E-state index in [-0.39, 0.29) is 11.3 Å². The quantitative estimate of drug-likeness (QED) is 0.725. The van der Waals surface area contributed by atoms with Crippen LogP contribution in [0.15, 0.2) is 53.4 Å². The molecule has 0 bridgehead atoms. The number of esters is 1. The van der Waals surface area contributed by atoms with Crippen molar-refractivity contribution in [2.24, 2.45) is 5.14 Å². The number of nitrogens with two attached hydrogens (primary N) is 1. The van der Waals surface area contributed by atoms with Gasteiger partial charge >= 0.3 is 5.97 Å². The highest BCUT2D eigenvalue weighted by Crippen LogP contribution is 2.14. The highest BCUT2D eigenvalue weighted by atomic mass is 35.5. The lowest BCUT2D eigenvalue weighted by atomic mass is 10.1. The Hall–Kier alpha value is -2.42. The predicted octanol–water partition coefficient (Wildman–Crippen LogP) is 2.10. The van der Waals surface area contributed by atoms with Gasteiger partial charge in [-0.1, -0.05) is 23.7 Å². The van der Waals surface area contributed by atoms with Crippen molar-refractivity contribution in [3.8, 4) is 0 Å². The van der Waals surface area contributed by atoms with Crippen molar-refractivity contribution < 1.29 is 22.7 Å². The molecule has 3 N–H and O–H groups in total. The number of amides is 1. The molecule has 2 aromatic carbocycles. The summed E-state index contributed by atoms with van der Waals surface area (Å²) in [5.74, 6) is -1.10. The van der Waals surface area contributed by atoms with Crippen LogP contribution in [-0.4, -0.2) is 26.4 Å². The first-order valence-corrected chi connectivity index (χ1v) is 9.45. The van der Waals surface area contributed by atoms with Crippen LogP contribution in [0, 0.1) is 0 Å². The normalized spacial score (nSPS) is 12.3. The minimum Gasteiger partial charge on any atom is -0.452 e. The fourth-order valence-electron chi connectivity index (χ4n) is 2.03. The number of anilines is 1. The van der Waals surface area contributed by atoms with Gasteiger partial charge in [0.25, 0.3) is 5.91 Å². The molecular weight excluding hydrogens is 380 g/mol. The molecule has 9 heteroatoms. The number of halogens is 1. The Morgan fingerprint density at radius 3 is 2.23 bits per heavy atom. The van der Waals surface area contributed by atoms with Crippen LogP contribution in [0.2, 0.25) is 5.02 Å².